The molecule has 0 aliphatic carbocycles. The van der Waals surface area contributed by atoms with Crippen molar-refractivity contribution in [2.24, 2.45) is 5.73 Å². The van der Waals surface area contributed by atoms with E-state index in [1.807, 2.05) is 0 Å². The molecule has 98 valence electrons. The highest BCUT2D eigenvalue weighted by Crippen LogP contribution is 2.08. The number of nitrogens with zero attached hydrogens (tertiary/aromatic N) is 1. The summed E-state index contributed by atoms with van der Waals surface area (Å²) in [5, 5.41) is 2.61. The van der Waals surface area contributed by atoms with Gasteiger partial charge in [0.1, 0.15) is 5.60 Å². The highest BCUT2D eigenvalue weighted by atomic mass is 16.6. The zero-order chi connectivity index (χ0) is 13.1. The van der Waals surface area contributed by atoms with Crippen LogP contribution in [0.2, 0.25) is 0 Å². The van der Waals surface area contributed by atoms with Gasteiger partial charge < -0.3 is 20.7 Å². The minimum absolute atomic E-state index is 0.0449. The molecule has 1 heterocycles. The zero-order valence-electron chi connectivity index (χ0n) is 10.7. The van der Waals surface area contributed by atoms with E-state index in [0.717, 1.165) is 0 Å². The molecule has 1 unspecified atom stereocenters. The van der Waals surface area contributed by atoms with Crippen molar-refractivity contribution in [2.45, 2.75) is 38.8 Å². The van der Waals surface area contributed by atoms with Crippen LogP contribution in [0.25, 0.3) is 0 Å². The third-order valence-corrected chi connectivity index (χ3v) is 2.29. The molecule has 0 bridgehead atoms. The number of hydrogen-bond acceptors (Lipinski definition) is 4. The van der Waals surface area contributed by atoms with Gasteiger partial charge in [0.15, 0.2) is 0 Å². The maximum Gasteiger partial charge on any atom is 0.407 e. The number of carbonyl (C=O) groups excluding carboxylic acids is 2. The van der Waals surface area contributed by atoms with Gasteiger partial charge in [-0.1, -0.05) is 0 Å². The molecule has 1 aliphatic heterocycles. The number of nitrogens with two attached hydrogens (primary N) is 1. The molecule has 0 aromatic rings. The highest BCUT2D eigenvalue weighted by Gasteiger charge is 2.26. The summed E-state index contributed by atoms with van der Waals surface area (Å²) in [4.78, 5) is 24.4. The molecule has 6 nitrogen and oxygen atoms in total. The number of rotatable bonds is 3. The Morgan fingerprint density at radius 3 is 2.71 bits per heavy atom. The number of amides is 2. The first-order valence-electron chi connectivity index (χ1n) is 5.78. The molecule has 1 rings (SSSR count). The molecule has 2 amide bonds. The summed E-state index contributed by atoms with van der Waals surface area (Å²) >= 11 is 0. The molecule has 1 aliphatic rings. The maximum atomic E-state index is 11.4. The Balaban J connectivity index is 2.20. The lowest BCUT2D eigenvalue weighted by molar-refractivity contribution is -0.127. The lowest BCUT2D eigenvalue weighted by Gasteiger charge is -2.21. The van der Waals surface area contributed by atoms with Crippen LogP contribution >= 0.6 is 0 Å². The van der Waals surface area contributed by atoms with Gasteiger partial charge in [-0.2, -0.15) is 0 Å². The summed E-state index contributed by atoms with van der Waals surface area (Å²) < 4.78 is 5.07. The summed E-state index contributed by atoms with van der Waals surface area (Å²) in [5.74, 6) is 0.0449. The Morgan fingerprint density at radius 1 is 1.59 bits per heavy atom. The fraction of sp³-hybridized carbons (Fsp3) is 0.818. The fourth-order valence-electron chi connectivity index (χ4n) is 1.63. The Hall–Kier alpha value is -1.30. The lowest BCUT2D eigenvalue weighted by Crippen LogP contribution is -2.39. The first kappa shape index (κ1) is 13.8. The molecule has 0 aromatic carbocycles. The third kappa shape index (κ3) is 5.04. The molecular weight excluding hydrogens is 222 g/mol. The molecule has 17 heavy (non-hydrogen) atoms. The Bertz CT molecular complexity index is 299. The normalized spacial score (nSPS) is 20.6. The smallest absolute Gasteiger partial charge is 0.407 e. The van der Waals surface area contributed by atoms with Crippen LogP contribution in [-0.2, 0) is 9.53 Å². The van der Waals surface area contributed by atoms with Crippen molar-refractivity contribution in [1.29, 1.82) is 0 Å². The molecule has 0 saturated carbocycles. The lowest BCUT2D eigenvalue weighted by atomic mass is 10.2. The van der Waals surface area contributed by atoms with E-state index >= 15 is 0 Å². The van der Waals surface area contributed by atoms with E-state index in [0.29, 0.717) is 26.1 Å². The van der Waals surface area contributed by atoms with Crippen LogP contribution in [0.4, 0.5) is 4.79 Å². The average molecular weight is 243 g/mol. The average Bonchev–Trinajstić information content (AvgIpc) is 2.42. The van der Waals surface area contributed by atoms with Gasteiger partial charge in [-0.05, 0) is 20.8 Å². The predicted octanol–water partition coefficient (Wildman–Crippen LogP) is 0.0707. The van der Waals surface area contributed by atoms with Crippen molar-refractivity contribution < 1.29 is 14.3 Å². The number of ether oxygens (including phenoxy) is 1. The van der Waals surface area contributed by atoms with Crippen LogP contribution in [-0.4, -0.2) is 48.2 Å². The first-order valence-corrected chi connectivity index (χ1v) is 5.78. The number of alkyl carbamates (subject to hydrolysis) is 1. The van der Waals surface area contributed by atoms with Crippen molar-refractivity contribution in [3.05, 3.63) is 0 Å². The van der Waals surface area contributed by atoms with Gasteiger partial charge in [-0.25, -0.2) is 4.79 Å². The molecular formula is C11H21N3O3. The number of hydrogen-bond donors (Lipinski definition) is 2. The van der Waals surface area contributed by atoms with E-state index in [1.54, 1.807) is 25.7 Å². The molecule has 1 saturated heterocycles. The van der Waals surface area contributed by atoms with Gasteiger partial charge in [0.05, 0.1) is 0 Å². The molecule has 0 aromatic heterocycles. The van der Waals surface area contributed by atoms with Crippen LogP contribution in [0.3, 0.4) is 0 Å². The third-order valence-electron chi connectivity index (χ3n) is 2.29. The first-order chi connectivity index (χ1) is 7.78. The van der Waals surface area contributed by atoms with Gasteiger partial charge in [0, 0.05) is 32.1 Å². The van der Waals surface area contributed by atoms with E-state index in [4.69, 9.17) is 10.5 Å². The molecule has 6 heteroatoms. The van der Waals surface area contributed by atoms with Gasteiger partial charge in [-0.15, -0.1) is 0 Å². The quantitative estimate of drug-likeness (QED) is 0.734. The summed E-state index contributed by atoms with van der Waals surface area (Å²) in [6, 6.07) is -0.0796. The molecule has 0 spiro atoms. The molecule has 1 atom stereocenters. The van der Waals surface area contributed by atoms with Crippen LogP contribution in [0.5, 0.6) is 0 Å². The minimum Gasteiger partial charge on any atom is -0.444 e. The van der Waals surface area contributed by atoms with Crippen molar-refractivity contribution >= 4 is 12.0 Å². The Labute approximate surface area is 101 Å². The van der Waals surface area contributed by atoms with Crippen LogP contribution in [0.15, 0.2) is 0 Å². The number of likely N-dealkylation sites (tertiary alicyclic amines) is 1. The van der Waals surface area contributed by atoms with Crippen molar-refractivity contribution in [3.8, 4) is 0 Å². The van der Waals surface area contributed by atoms with Crippen molar-refractivity contribution in [3.63, 3.8) is 0 Å². The van der Waals surface area contributed by atoms with Gasteiger partial charge in [-0.3, -0.25) is 4.79 Å². The van der Waals surface area contributed by atoms with E-state index in [-0.39, 0.29) is 11.9 Å². The van der Waals surface area contributed by atoms with Gasteiger partial charge in [0.2, 0.25) is 5.91 Å². The summed E-state index contributed by atoms with van der Waals surface area (Å²) in [7, 11) is 0. The van der Waals surface area contributed by atoms with E-state index in [9.17, 15) is 9.59 Å². The summed E-state index contributed by atoms with van der Waals surface area (Å²) in [6.45, 7) is 6.83. The zero-order valence-corrected chi connectivity index (χ0v) is 10.7. The Morgan fingerprint density at radius 2 is 2.24 bits per heavy atom. The van der Waals surface area contributed by atoms with Gasteiger partial charge >= 0.3 is 6.09 Å². The second-order valence-corrected chi connectivity index (χ2v) is 5.23. The largest absolute Gasteiger partial charge is 0.444 e. The van der Waals surface area contributed by atoms with Crippen LogP contribution in [0, 0.1) is 0 Å². The Kier molecular flexibility index (Phi) is 4.34. The topological polar surface area (TPSA) is 84.7 Å². The molecule has 0 radical (unpaired) electrons. The van der Waals surface area contributed by atoms with Crippen LogP contribution in [0.1, 0.15) is 27.2 Å². The van der Waals surface area contributed by atoms with Crippen LogP contribution < -0.4 is 11.1 Å². The highest BCUT2D eigenvalue weighted by molar-refractivity contribution is 5.79. The van der Waals surface area contributed by atoms with E-state index < -0.39 is 11.7 Å². The van der Waals surface area contributed by atoms with Crippen molar-refractivity contribution in [1.82, 2.24) is 10.2 Å². The SMILES string of the molecule is CC(C)(C)OC(=O)NCCN1CC(N)CC1=O. The number of carbonyl (C=O) groups is 2. The van der Waals surface area contributed by atoms with E-state index in [2.05, 4.69) is 5.32 Å². The maximum absolute atomic E-state index is 11.4. The van der Waals surface area contributed by atoms with E-state index in [1.165, 1.54) is 0 Å². The number of nitrogens with one attached hydrogen (secondary N) is 1. The summed E-state index contributed by atoms with van der Waals surface area (Å²) in [6.07, 6.45) is -0.0691. The van der Waals surface area contributed by atoms with Crippen molar-refractivity contribution in [2.75, 3.05) is 19.6 Å². The minimum atomic E-state index is -0.504. The fourth-order valence-corrected chi connectivity index (χ4v) is 1.63. The standard InChI is InChI=1S/C11H21N3O3/c1-11(2,3)17-10(16)13-4-5-14-7-8(12)6-9(14)15/h8H,4-7,12H2,1-3H3,(H,13,16). The second kappa shape index (κ2) is 5.35. The monoisotopic (exact) mass is 243 g/mol. The molecule has 3 N–H and O–H groups in total. The van der Waals surface area contributed by atoms with Gasteiger partial charge in [0.25, 0.3) is 0 Å². The summed E-state index contributed by atoms with van der Waals surface area (Å²) in [5.41, 5.74) is 5.15. The molecule has 1 fully saturated rings. The second-order valence-electron chi connectivity index (χ2n) is 5.23. The predicted molar refractivity (Wildman–Crippen MR) is 63.4 cm³/mol.